The summed E-state index contributed by atoms with van der Waals surface area (Å²) in [4.78, 5) is 28.8. The minimum Gasteiger partial charge on any atom is -0.339 e. The van der Waals surface area contributed by atoms with E-state index < -0.39 is 0 Å². The second kappa shape index (κ2) is 5.74. The summed E-state index contributed by atoms with van der Waals surface area (Å²) in [5.41, 5.74) is 0. The molecule has 0 radical (unpaired) electrons. The average molecular weight is 313 g/mol. The molecule has 4 nitrogen and oxygen atoms in total. The zero-order valence-electron chi connectivity index (χ0n) is 11.2. The quantitative estimate of drug-likeness (QED) is 0.842. The number of halogens is 1. The third-order valence-corrected chi connectivity index (χ3v) is 5.34. The second-order valence-corrected chi connectivity index (χ2v) is 7.06. The van der Waals surface area contributed by atoms with Gasteiger partial charge in [-0.05, 0) is 25.0 Å². The van der Waals surface area contributed by atoms with Gasteiger partial charge in [-0.3, -0.25) is 9.59 Å². The molecule has 2 heterocycles. The number of nitrogens with zero attached hydrogens (tertiary/aromatic N) is 2. The SMILES string of the molecule is O=C(c1ccc(Cl)s1)N1CCN(C(=O)C2CCC2)CC1. The van der Waals surface area contributed by atoms with Crippen LogP contribution in [0.1, 0.15) is 28.9 Å². The number of rotatable bonds is 2. The minimum absolute atomic E-state index is 0.0256. The Labute approximate surface area is 127 Å². The van der Waals surface area contributed by atoms with Crippen LogP contribution in [0.25, 0.3) is 0 Å². The van der Waals surface area contributed by atoms with Gasteiger partial charge >= 0.3 is 0 Å². The Kier molecular flexibility index (Phi) is 3.98. The third kappa shape index (κ3) is 2.69. The Bertz CT molecular complexity index is 519. The summed E-state index contributed by atoms with van der Waals surface area (Å²) in [6.45, 7) is 2.54. The van der Waals surface area contributed by atoms with Crippen LogP contribution in [0, 0.1) is 5.92 Å². The first-order valence-corrected chi connectivity index (χ1v) is 8.18. The van der Waals surface area contributed by atoms with Gasteiger partial charge in [-0.25, -0.2) is 0 Å². The van der Waals surface area contributed by atoms with Crippen molar-refractivity contribution >= 4 is 34.8 Å². The molecule has 108 valence electrons. The van der Waals surface area contributed by atoms with Gasteiger partial charge in [0.25, 0.3) is 5.91 Å². The molecule has 1 aromatic heterocycles. The lowest BCUT2D eigenvalue weighted by Gasteiger charge is -2.38. The van der Waals surface area contributed by atoms with Gasteiger partial charge in [0.1, 0.15) is 0 Å². The van der Waals surface area contributed by atoms with Gasteiger partial charge < -0.3 is 9.80 Å². The van der Waals surface area contributed by atoms with Crippen molar-refractivity contribution in [2.24, 2.45) is 5.92 Å². The summed E-state index contributed by atoms with van der Waals surface area (Å²) in [6.07, 6.45) is 3.24. The van der Waals surface area contributed by atoms with Crippen LogP contribution in [-0.4, -0.2) is 47.8 Å². The molecule has 1 aliphatic heterocycles. The summed E-state index contributed by atoms with van der Waals surface area (Å²) < 4.78 is 0.632. The lowest BCUT2D eigenvalue weighted by molar-refractivity contribution is -0.139. The first-order chi connectivity index (χ1) is 9.65. The number of thiophene rings is 1. The second-order valence-electron chi connectivity index (χ2n) is 5.35. The molecule has 2 aliphatic rings. The Balaban J connectivity index is 1.55. The van der Waals surface area contributed by atoms with Crippen molar-refractivity contribution in [2.45, 2.75) is 19.3 Å². The molecule has 6 heteroatoms. The van der Waals surface area contributed by atoms with E-state index in [-0.39, 0.29) is 17.7 Å². The van der Waals surface area contributed by atoms with E-state index in [0.717, 1.165) is 12.8 Å². The molecule has 1 saturated heterocycles. The Morgan fingerprint density at radius 2 is 1.75 bits per heavy atom. The topological polar surface area (TPSA) is 40.6 Å². The van der Waals surface area contributed by atoms with E-state index in [2.05, 4.69) is 0 Å². The number of hydrogen-bond donors (Lipinski definition) is 0. The molecule has 2 fully saturated rings. The molecule has 0 N–H and O–H groups in total. The van der Waals surface area contributed by atoms with Crippen LogP contribution in [0.3, 0.4) is 0 Å². The van der Waals surface area contributed by atoms with Crippen molar-refractivity contribution in [3.05, 3.63) is 21.3 Å². The molecule has 20 heavy (non-hydrogen) atoms. The maximum absolute atomic E-state index is 12.3. The van der Waals surface area contributed by atoms with Crippen LogP contribution in [0.15, 0.2) is 12.1 Å². The molecule has 3 rings (SSSR count). The lowest BCUT2D eigenvalue weighted by atomic mass is 9.84. The van der Waals surface area contributed by atoms with E-state index in [1.165, 1.54) is 17.8 Å². The number of amides is 2. The van der Waals surface area contributed by atoms with Crippen molar-refractivity contribution < 1.29 is 9.59 Å². The maximum atomic E-state index is 12.3. The van der Waals surface area contributed by atoms with Crippen molar-refractivity contribution in [1.82, 2.24) is 9.80 Å². The van der Waals surface area contributed by atoms with Crippen LogP contribution >= 0.6 is 22.9 Å². The molecule has 1 aromatic rings. The van der Waals surface area contributed by atoms with E-state index in [1.54, 1.807) is 12.1 Å². The summed E-state index contributed by atoms with van der Waals surface area (Å²) in [5.74, 6) is 0.550. The van der Waals surface area contributed by atoms with Crippen molar-refractivity contribution in [2.75, 3.05) is 26.2 Å². The molecular weight excluding hydrogens is 296 g/mol. The smallest absolute Gasteiger partial charge is 0.264 e. The molecule has 1 aliphatic carbocycles. The van der Waals surface area contributed by atoms with Crippen LogP contribution in [0.5, 0.6) is 0 Å². The fourth-order valence-corrected chi connectivity index (χ4v) is 3.64. The predicted octanol–water partition coefficient (Wildman–Crippen LogP) is 2.49. The highest BCUT2D eigenvalue weighted by Crippen LogP contribution is 2.29. The maximum Gasteiger partial charge on any atom is 0.264 e. The molecule has 0 unspecified atom stereocenters. The largest absolute Gasteiger partial charge is 0.339 e. The third-order valence-electron chi connectivity index (χ3n) is 4.12. The number of carbonyl (C=O) groups is 2. The Morgan fingerprint density at radius 1 is 1.10 bits per heavy atom. The van der Waals surface area contributed by atoms with E-state index in [1.807, 2.05) is 9.80 Å². The standard InChI is InChI=1S/C14H17ClN2O2S/c15-12-5-4-11(20-12)14(19)17-8-6-16(7-9-17)13(18)10-2-1-3-10/h4-5,10H,1-3,6-9H2. The van der Waals surface area contributed by atoms with E-state index in [9.17, 15) is 9.59 Å². The Morgan fingerprint density at radius 3 is 2.25 bits per heavy atom. The van der Waals surface area contributed by atoms with Gasteiger partial charge in [0.05, 0.1) is 9.21 Å². The summed E-state index contributed by atoms with van der Waals surface area (Å²) in [7, 11) is 0. The minimum atomic E-state index is 0.0256. The van der Waals surface area contributed by atoms with Gasteiger partial charge in [0.15, 0.2) is 0 Å². The zero-order valence-corrected chi connectivity index (χ0v) is 12.8. The monoisotopic (exact) mass is 312 g/mol. The molecular formula is C14H17ClN2O2S. The van der Waals surface area contributed by atoms with E-state index in [0.29, 0.717) is 35.4 Å². The summed E-state index contributed by atoms with van der Waals surface area (Å²) in [6, 6.07) is 3.51. The number of carbonyl (C=O) groups excluding carboxylic acids is 2. The Hall–Kier alpha value is -1.07. The first-order valence-electron chi connectivity index (χ1n) is 6.98. The molecule has 2 amide bonds. The van der Waals surface area contributed by atoms with E-state index in [4.69, 9.17) is 11.6 Å². The van der Waals surface area contributed by atoms with Gasteiger partial charge in [0, 0.05) is 32.1 Å². The lowest BCUT2D eigenvalue weighted by Crippen LogP contribution is -2.52. The van der Waals surface area contributed by atoms with Crippen molar-refractivity contribution in [1.29, 1.82) is 0 Å². The highest BCUT2D eigenvalue weighted by Gasteiger charge is 2.32. The van der Waals surface area contributed by atoms with Gasteiger partial charge in [-0.1, -0.05) is 18.0 Å². The highest BCUT2D eigenvalue weighted by molar-refractivity contribution is 7.17. The summed E-state index contributed by atoms with van der Waals surface area (Å²) >= 11 is 7.17. The normalized spacial score (nSPS) is 19.9. The molecule has 1 saturated carbocycles. The molecule has 0 bridgehead atoms. The van der Waals surface area contributed by atoms with Gasteiger partial charge in [0.2, 0.25) is 5.91 Å². The predicted molar refractivity (Wildman–Crippen MR) is 79.2 cm³/mol. The van der Waals surface area contributed by atoms with Crippen LogP contribution in [0.4, 0.5) is 0 Å². The van der Waals surface area contributed by atoms with E-state index >= 15 is 0 Å². The average Bonchev–Trinajstić information content (AvgIpc) is 2.83. The highest BCUT2D eigenvalue weighted by atomic mass is 35.5. The van der Waals surface area contributed by atoms with Gasteiger partial charge in [-0.2, -0.15) is 0 Å². The molecule has 0 atom stereocenters. The van der Waals surface area contributed by atoms with Crippen LogP contribution < -0.4 is 0 Å². The zero-order chi connectivity index (χ0) is 14.1. The molecule has 0 spiro atoms. The van der Waals surface area contributed by atoms with Gasteiger partial charge in [-0.15, -0.1) is 11.3 Å². The summed E-state index contributed by atoms with van der Waals surface area (Å²) in [5, 5.41) is 0. The van der Waals surface area contributed by atoms with Crippen LogP contribution in [0.2, 0.25) is 4.34 Å². The van der Waals surface area contributed by atoms with Crippen LogP contribution in [-0.2, 0) is 4.79 Å². The fraction of sp³-hybridized carbons (Fsp3) is 0.571. The molecule has 0 aromatic carbocycles. The number of piperazine rings is 1. The van der Waals surface area contributed by atoms with Crippen molar-refractivity contribution in [3.63, 3.8) is 0 Å². The fourth-order valence-electron chi connectivity index (χ4n) is 2.63. The number of hydrogen-bond acceptors (Lipinski definition) is 3. The first kappa shape index (κ1) is 13.9. The van der Waals surface area contributed by atoms with Crippen molar-refractivity contribution in [3.8, 4) is 0 Å².